The lowest BCUT2D eigenvalue weighted by Gasteiger charge is -2.08. The Morgan fingerprint density at radius 3 is 1.69 bits per heavy atom. The number of carbonyl (C=O) groups excluding carboxylic acids is 2. The number of amides is 2. The maximum Gasteiger partial charge on any atom is 0.220 e. The fourth-order valence-corrected chi connectivity index (χ4v) is 2.91. The molecule has 0 unspecified atom stereocenters. The lowest BCUT2D eigenvalue weighted by molar-refractivity contribution is -0.122. The maximum atomic E-state index is 11.8. The van der Waals surface area contributed by atoms with Crippen molar-refractivity contribution in [1.29, 1.82) is 0 Å². The first kappa shape index (κ1) is 30.8. The van der Waals surface area contributed by atoms with E-state index in [0.717, 1.165) is 51.9 Å². The van der Waals surface area contributed by atoms with Crippen LogP contribution in [0.15, 0.2) is 0 Å². The average Bonchev–Trinajstić information content (AvgIpc) is 2.76. The highest BCUT2D eigenvalue weighted by atomic mass is 16.5. The predicted molar refractivity (Wildman–Crippen MR) is 129 cm³/mol. The fraction of sp³-hybridized carbons (Fsp3) is 0.917. The van der Waals surface area contributed by atoms with Crippen LogP contribution in [-0.2, 0) is 23.8 Å². The van der Waals surface area contributed by atoms with Crippen molar-refractivity contribution in [1.82, 2.24) is 16.0 Å². The van der Waals surface area contributed by atoms with Gasteiger partial charge in [0, 0.05) is 39.1 Å². The van der Waals surface area contributed by atoms with Crippen molar-refractivity contribution in [2.45, 2.75) is 72.1 Å². The summed E-state index contributed by atoms with van der Waals surface area (Å²) in [5, 5.41) is 9.04. The van der Waals surface area contributed by atoms with Gasteiger partial charge in [-0.25, -0.2) is 0 Å². The molecule has 190 valence electrons. The summed E-state index contributed by atoms with van der Waals surface area (Å²) in [5.41, 5.74) is 0. The zero-order valence-corrected chi connectivity index (χ0v) is 20.8. The lowest BCUT2D eigenvalue weighted by atomic mass is 10.1. The zero-order chi connectivity index (χ0) is 23.7. The molecule has 0 saturated carbocycles. The highest BCUT2D eigenvalue weighted by Gasteiger charge is 2.05. The van der Waals surface area contributed by atoms with E-state index in [1.54, 1.807) is 0 Å². The molecule has 0 aliphatic carbocycles. The first-order valence-electron chi connectivity index (χ1n) is 12.5. The third kappa shape index (κ3) is 25.0. The molecule has 0 aromatic rings. The predicted octanol–water partition coefficient (Wildman–Crippen LogP) is 2.65. The normalized spacial score (nSPS) is 11.1. The third-order valence-corrected chi connectivity index (χ3v) is 4.76. The summed E-state index contributed by atoms with van der Waals surface area (Å²) in [6, 6.07) is 0. The first-order valence-corrected chi connectivity index (χ1v) is 12.5. The van der Waals surface area contributed by atoms with Crippen LogP contribution in [0.3, 0.4) is 0 Å². The van der Waals surface area contributed by atoms with E-state index in [9.17, 15) is 9.59 Å². The molecular formula is C24H49N3O5. The molecule has 2 amide bonds. The highest BCUT2D eigenvalue weighted by molar-refractivity contribution is 5.78. The average molecular weight is 460 g/mol. The largest absolute Gasteiger partial charge is 0.379 e. The van der Waals surface area contributed by atoms with E-state index in [1.165, 1.54) is 6.42 Å². The highest BCUT2D eigenvalue weighted by Crippen LogP contribution is 2.05. The summed E-state index contributed by atoms with van der Waals surface area (Å²) in [7, 11) is 0. The molecule has 0 aromatic carbocycles. The van der Waals surface area contributed by atoms with Crippen LogP contribution in [-0.4, -0.2) is 77.6 Å². The minimum Gasteiger partial charge on any atom is -0.379 e. The van der Waals surface area contributed by atoms with Gasteiger partial charge in [0.25, 0.3) is 0 Å². The molecule has 0 bridgehead atoms. The third-order valence-electron chi connectivity index (χ3n) is 4.76. The number of hydrogen-bond donors (Lipinski definition) is 3. The second-order valence-corrected chi connectivity index (χ2v) is 8.34. The lowest BCUT2D eigenvalue weighted by Crippen LogP contribution is -2.27. The monoisotopic (exact) mass is 459 g/mol. The second-order valence-electron chi connectivity index (χ2n) is 8.34. The number of carbonyl (C=O) groups is 2. The Bertz CT molecular complexity index is 436. The Kier molecular flexibility index (Phi) is 23.5. The van der Waals surface area contributed by atoms with Crippen molar-refractivity contribution >= 4 is 11.8 Å². The summed E-state index contributed by atoms with van der Waals surface area (Å²) >= 11 is 0. The molecule has 0 radical (unpaired) electrons. The Morgan fingerprint density at radius 2 is 1.16 bits per heavy atom. The van der Waals surface area contributed by atoms with Crippen molar-refractivity contribution in [2.24, 2.45) is 5.92 Å². The SMILES string of the molecule is CCNCCCOCCOCCOCCCNC(=O)CCCC(=O)NCCCCC(C)C. The summed E-state index contributed by atoms with van der Waals surface area (Å²) in [6.07, 6.45) is 6.50. The van der Waals surface area contributed by atoms with Gasteiger partial charge in [-0.05, 0) is 44.7 Å². The number of hydrogen-bond acceptors (Lipinski definition) is 6. The molecule has 0 aromatic heterocycles. The van der Waals surface area contributed by atoms with Gasteiger partial charge in [-0.15, -0.1) is 0 Å². The molecule has 32 heavy (non-hydrogen) atoms. The van der Waals surface area contributed by atoms with Gasteiger partial charge in [-0.3, -0.25) is 9.59 Å². The zero-order valence-electron chi connectivity index (χ0n) is 20.8. The van der Waals surface area contributed by atoms with Crippen LogP contribution in [0.5, 0.6) is 0 Å². The van der Waals surface area contributed by atoms with Gasteiger partial charge < -0.3 is 30.2 Å². The second kappa shape index (κ2) is 24.4. The van der Waals surface area contributed by atoms with E-state index in [1.807, 2.05) is 0 Å². The van der Waals surface area contributed by atoms with Gasteiger partial charge >= 0.3 is 0 Å². The van der Waals surface area contributed by atoms with Crippen molar-refractivity contribution in [2.75, 3.05) is 65.8 Å². The van der Waals surface area contributed by atoms with Gasteiger partial charge in [-0.2, -0.15) is 0 Å². The molecule has 0 rings (SSSR count). The van der Waals surface area contributed by atoms with Gasteiger partial charge in [0.1, 0.15) is 0 Å². The van der Waals surface area contributed by atoms with Gasteiger partial charge in [-0.1, -0.05) is 33.6 Å². The van der Waals surface area contributed by atoms with Crippen LogP contribution >= 0.6 is 0 Å². The Labute approximate surface area is 195 Å². The molecule has 8 heteroatoms. The van der Waals surface area contributed by atoms with E-state index in [4.69, 9.17) is 14.2 Å². The Morgan fingerprint density at radius 1 is 0.656 bits per heavy atom. The molecule has 8 nitrogen and oxygen atoms in total. The van der Waals surface area contributed by atoms with E-state index >= 15 is 0 Å². The quantitative estimate of drug-likeness (QED) is 0.192. The van der Waals surface area contributed by atoms with Crippen LogP contribution in [0.1, 0.15) is 72.1 Å². The first-order chi connectivity index (χ1) is 15.6. The van der Waals surface area contributed by atoms with Crippen molar-refractivity contribution in [3.8, 4) is 0 Å². The standard InChI is InChI=1S/C24H49N3O5/c1-4-25-13-8-16-30-18-20-32-21-19-31-17-9-15-27-24(29)12-7-11-23(28)26-14-6-5-10-22(2)3/h22,25H,4-21H2,1-3H3,(H,26,28)(H,27,29). The summed E-state index contributed by atoms with van der Waals surface area (Å²) in [5.74, 6) is 0.737. The van der Waals surface area contributed by atoms with Crippen molar-refractivity contribution < 1.29 is 23.8 Å². The molecule has 0 spiro atoms. The molecular weight excluding hydrogens is 410 g/mol. The molecule has 0 atom stereocenters. The fourth-order valence-electron chi connectivity index (χ4n) is 2.91. The Hall–Kier alpha value is -1.22. The molecule has 0 heterocycles. The molecule has 0 aliphatic rings. The van der Waals surface area contributed by atoms with Gasteiger partial charge in [0.15, 0.2) is 0 Å². The van der Waals surface area contributed by atoms with Crippen LogP contribution < -0.4 is 16.0 Å². The minimum atomic E-state index is -0.0106. The maximum absolute atomic E-state index is 11.8. The molecule has 0 saturated heterocycles. The van der Waals surface area contributed by atoms with Crippen LogP contribution in [0.25, 0.3) is 0 Å². The van der Waals surface area contributed by atoms with E-state index in [0.29, 0.717) is 64.8 Å². The van der Waals surface area contributed by atoms with Crippen LogP contribution in [0.2, 0.25) is 0 Å². The number of rotatable bonds is 24. The number of nitrogens with one attached hydrogen (secondary N) is 3. The van der Waals surface area contributed by atoms with Crippen molar-refractivity contribution in [3.63, 3.8) is 0 Å². The van der Waals surface area contributed by atoms with Crippen LogP contribution in [0, 0.1) is 5.92 Å². The van der Waals surface area contributed by atoms with Crippen LogP contribution in [0.4, 0.5) is 0 Å². The van der Waals surface area contributed by atoms with E-state index < -0.39 is 0 Å². The topological polar surface area (TPSA) is 97.9 Å². The van der Waals surface area contributed by atoms with Crippen molar-refractivity contribution in [3.05, 3.63) is 0 Å². The summed E-state index contributed by atoms with van der Waals surface area (Å²) in [4.78, 5) is 23.6. The summed E-state index contributed by atoms with van der Waals surface area (Å²) < 4.78 is 16.4. The molecule has 3 N–H and O–H groups in total. The smallest absolute Gasteiger partial charge is 0.220 e. The van der Waals surface area contributed by atoms with Gasteiger partial charge in [0.05, 0.1) is 26.4 Å². The van der Waals surface area contributed by atoms with Gasteiger partial charge in [0.2, 0.25) is 11.8 Å². The molecule has 0 fully saturated rings. The Balaban J connectivity index is 3.27. The number of ether oxygens (including phenoxy) is 3. The number of unbranched alkanes of at least 4 members (excludes halogenated alkanes) is 1. The van der Waals surface area contributed by atoms with E-state index in [-0.39, 0.29) is 11.8 Å². The van der Waals surface area contributed by atoms with E-state index in [2.05, 4.69) is 36.7 Å². The minimum absolute atomic E-state index is 0.0106. The summed E-state index contributed by atoms with van der Waals surface area (Å²) in [6.45, 7) is 13.4. The molecule has 0 aliphatic heterocycles.